The lowest BCUT2D eigenvalue weighted by Gasteiger charge is -2.35. The summed E-state index contributed by atoms with van der Waals surface area (Å²) < 4.78 is 11.4. The second kappa shape index (κ2) is 10.2. The van der Waals surface area contributed by atoms with E-state index in [2.05, 4.69) is 39.1 Å². The standard InChI is InChI=1S/C21H32N2O3/c1-7-25-18-9-10-19(17(11-18)14-22)23-20(24)21(26-8-2,12-15(3)4)13-16(5)6/h9-11,15-16H,7-8,12-13H2,1-6H3,(H,23,24). The zero-order chi connectivity index (χ0) is 19.7. The Morgan fingerprint density at radius 2 is 1.77 bits per heavy atom. The fraction of sp³-hybridized carbons (Fsp3) is 0.619. The van der Waals surface area contributed by atoms with E-state index >= 15 is 0 Å². The van der Waals surface area contributed by atoms with E-state index in [9.17, 15) is 10.1 Å². The van der Waals surface area contributed by atoms with Gasteiger partial charge in [0.2, 0.25) is 0 Å². The largest absolute Gasteiger partial charge is 0.494 e. The number of hydrogen-bond donors (Lipinski definition) is 1. The Balaban J connectivity index is 3.17. The van der Waals surface area contributed by atoms with E-state index in [1.807, 2.05) is 13.8 Å². The number of anilines is 1. The van der Waals surface area contributed by atoms with Crippen molar-refractivity contribution in [3.8, 4) is 11.8 Å². The molecule has 0 saturated heterocycles. The van der Waals surface area contributed by atoms with Gasteiger partial charge < -0.3 is 14.8 Å². The van der Waals surface area contributed by atoms with Crippen molar-refractivity contribution in [1.29, 1.82) is 5.26 Å². The summed E-state index contributed by atoms with van der Waals surface area (Å²) in [5.74, 6) is 1.04. The van der Waals surface area contributed by atoms with Crippen LogP contribution in [0.25, 0.3) is 0 Å². The van der Waals surface area contributed by atoms with Gasteiger partial charge in [0.15, 0.2) is 0 Å². The highest BCUT2D eigenvalue weighted by atomic mass is 16.5. The Labute approximate surface area is 157 Å². The maximum atomic E-state index is 13.2. The zero-order valence-corrected chi connectivity index (χ0v) is 16.9. The van der Waals surface area contributed by atoms with Gasteiger partial charge in [-0.3, -0.25) is 4.79 Å². The first-order chi connectivity index (χ1) is 12.3. The van der Waals surface area contributed by atoms with Gasteiger partial charge in [-0.25, -0.2) is 0 Å². The van der Waals surface area contributed by atoms with Crippen molar-refractivity contribution in [3.63, 3.8) is 0 Å². The number of nitriles is 1. The molecule has 1 amide bonds. The number of amides is 1. The monoisotopic (exact) mass is 360 g/mol. The van der Waals surface area contributed by atoms with Crippen LogP contribution in [0.4, 0.5) is 5.69 Å². The molecule has 0 unspecified atom stereocenters. The molecule has 1 aromatic rings. The number of carbonyl (C=O) groups is 1. The van der Waals surface area contributed by atoms with Gasteiger partial charge in [0.05, 0.1) is 17.9 Å². The number of nitrogens with one attached hydrogen (secondary N) is 1. The van der Waals surface area contributed by atoms with E-state index in [0.29, 0.717) is 54.9 Å². The van der Waals surface area contributed by atoms with E-state index in [4.69, 9.17) is 9.47 Å². The Kier molecular flexibility index (Phi) is 8.60. The van der Waals surface area contributed by atoms with Crippen LogP contribution in [0.3, 0.4) is 0 Å². The first-order valence-corrected chi connectivity index (χ1v) is 9.40. The van der Waals surface area contributed by atoms with Crippen molar-refractivity contribution in [2.24, 2.45) is 11.8 Å². The minimum atomic E-state index is -0.900. The second-order valence-corrected chi connectivity index (χ2v) is 7.33. The highest BCUT2D eigenvalue weighted by molar-refractivity contribution is 5.98. The van der Waals surface area contributed by atoms with Crippen molar-refractivity contribution in [2.75, 3.05) is 18.5 Å². The molecular weight excluding hydrogens is 328 g/mol. The summed E-state index contributed by atoms with van der Waals surface area (Å²) in [6.07, 6.45) is 1.26. The van der Waals surface area contributed by atoms with Gasteiger partial charge in [0, 0.05) is 6.61 Å². The van der Waals surface area contributed by atoms with Crippen molar-refractivity contribution >= 4 is 11.6 Å². The molecule has 0 aliphatic heterocycles. The maximum Gasteiger partial charge on any atom is 0.256 e. The highest BCUT2D eigenvalue weighted by Gasteiger charge is 2.40. The molecule has 144 valence electrons. The third-order valence-electron chi connectivity index (χ3n) is 3.98. The number of ether oxygens (including phenoxy) is 2. The molecule has 1 rings (SSSR count). The van der Waals surface area contributed by atoms with Crippen LogP contribution >= 0.6 is 0 Å². The molecule has 0 saturated carbocycles. The second-order valence-electron chi connectivity index (χ2n) is 7.33. The fourth-order valence-corrected chi connectivity index (χ4v) is 3.26. The van der Waals surface area contributed by atoms with Crippen LogP contribution in [0.15, 0.2) is 18.2 Å². The summed E-state index contributed by atoms with van der Waals surface area (Å²) in [4.78, 5) is 13.2. The van der Waals surface area contributed by atoms with Crippen LogP contribution in [0, 0.1) is 23.2 Å². The van der Waals surface area contributed by atoms with E-state index < -0.39 is 5.60 Å². The molecule has 0 aromatic heterocycles. The first kappa shape index (κ1) is 22.0. The van der Waals surface area contributed by atoms with E-state index in [-0.39, 0.29) is 5.91 Å². The summed E-state index contributed by atoms with van der Waals surface area (Å²) >= 11 is 0. The molecule has 1 N–H and O–H groups in total. The molecular formula is C21H32N2O3. The van der Waals surface area contributed by atoms with Crippen LogP contribution in [0.2, 0.25) is 0 Å². The number of carbonyl (C=O) groups excluding carboxylic acids is 1. The van der Waals surface area contributed by atoms with Gasteiger partial charge in [0.25, 0.3) is 5.91 Å². The quantitative estimate of drug-likeness (QED) is 0.653. The number of benzene rings is 1. The Morgan fingerprint density at radius 1 is 1.15 bits per heavy atom. The Bertz CT molecular complexity index is 623. The molecule has 0 bridgehead atoms. The zero-order valence-electron chi connectivity index (χ0n) is 16.9. The Morgan fingerprint density at radius 3 is 2.23 bits per heavy atom. The van der Waals surface area contributed by atoms with E-state index in [0.717, 1.165) is 0 Å². The van der Waals surface area contributed by atoms with Gasteiger partial charge in [-0.15, -0.1) is 0 Å². The minimum absolute atomic E-state index is 0.192. The summed E-state index contributed by atoms with van der Waals surface area (Å²) in [6.45, 7) is 13.1. The summed E-state index contributed by atoms with van der Waals surface area (Å²) in [7, 11) is 0. The van der Waals surface area contributed by atoms with Crippen molar-refractivity contribution in [2.45, 2.75) is 60.0 Å². The molecule has 26 heavy (non-hydrogen) atoms. The number of hydrogen-bond acceptors (Lipinski definition) is 4. The molecule has 0 aliphatic rings. The van der Waals surface area contributed by atoms with Crippen molar-refractivity contribution < 1.29 is 14.3 Å². The smallest absolute Gasteiger partial charge is 0.256 e. The SMILES string of the molecule is CCOc1ccc(NC(=O)C(CC(C)C)(CC(C)C)OCC)c(C#N)c1. The lowest BCUT2D eigenvalue weighted by molar-refractivity contribution is -0.146. The lowest BCUT2D eigenvalue weighted by Crippen LogP contribution is -2.47. The average Bonchev–Trinajstić information content (AvgIpc) is 2.55. The third-order valence-corrected chi connectivity index (χ3v) is 3.98. The normalized spacial score (nSPS) is 11.5. The van der Waals surface area contributed by atoms with Crippen LogP contribution in [0.1, 0.15) is 59.9 Å². The summed E-state index contributed by atoms with van der Waals surface area (Å²) in [6, 6.07) is 7.24. The summed E-state index contributed by atoms with van der Waals surface area (Å²) in [5, 5.41) is 12.4. The molecule has 0 aliphatic carbocycles. The topological polar surface area (TPSA) is 71.3 Å². The lowest BCUT2D eigenvalue weighted by atomic mass is 9.83. The molecule has 1 aromatic carbocycles. The highest BCUT2D eigenvalue weighted by Crippen LogP contribution is 2.31. The summed E-state index contributed by atoms with van der Waals surface area (Å²) in [5.41, 5.74) is -0.0380. The third kappa shape index (κ3) is 6.03. The predicted octanol–water partition coefficient (Wildman–Crippen LogP) is 4.76. The minimum Gasteiger partial charge on any atom is -0.494 e. The van der Waals surface area contributed by atoms with Crippen LogP contribution in [-0.4, -0.2) is 24.7 Å². The maximum absolute atomic E-state index is 13.2. The van der Waals surface area contributed by atoms with Crippen molar-refractivity contribution in [1.82, 2.24) is 0 Å². The van der Waals surface area contributed by atoms with E-state index in [1.54, 1.807) is 18.2 Å². The molecule has 5 nitrogen and oxygen atoms in total. The van der Waals surface area contributed by atoms with Crippen LogP contribution in [0.5, 0.6) is 5.75 Å². The first-order valence-electron chi connectivity index (χ1n) is 9.40. The van der Waals surface area contributed by atoms with Crippen molar-refractivity contribution in [3.05, 3.63) is 23.8 Å². The van der Waals surface area contributed by atoms with Crippen LogP contribution in [-0.2, 0) is 9.53 Å². The molecule has 0 radical (unpaired) electrons. The van der Waals surface area contributed by atoms with Gasteiger partial charge >= 0.3 is 0 Å². The van der Waals surface area contributed by atoms with Gasteiger partial charge in [-0.2, -0.15) is 5.26 Å². The van der Waals surface area contributed by atoms with E-state index in [1.165, 1.54) is 0 Å². The average molecular weight is 360 g/mol. The molecule has 0 atom stereocenters. The van der Waals surface area contributed by atoms with Gasteiger partial charge in [0.1, 0.15) is 17.4 Å². The van der Waals surface area contributed by atoms with Gasteiger partial charge in [-0.1, -0.05) is 27.7 Å². The molecule has 0 spiro atoms. The predicted molar refractivity (Wildman–Crippen MR) is 104 cm³/mol. The number of nitrogens with zero attached hydrogens (tertiary/aromatic N) is 1. The van der Waals surface area contributed by atoms with Crippen LogP contribution < -0.4 is 10.1 Å². The fourth-order valence-electron chi connectivity index (χ4n) is 3.26. The Hall–Kier alpha value is -2.06. The molecule has 0 fully saturated rings. The van der Waals surface area contributed by atoms with Gasteiger partial charge in [-0.05, 0) is 56.7 Å². The number of rotatable bonds is 10. The molecule has 5 heteroatoms. The molecule has 0 heterocycles.